The summed E-state index contributed by atoms with van der Waals surface area (Å²) in [5.41, 5.74) is 3.50. The Bertz CT molecular complexity index is 1280. The third-order valence-corrected chi connectivity index (χ3v) is 5.42. The highest BCUT2D eigenvalue weighted by Crippen LogP contribution is 2.18. The molecule has 0 spiro atoms. The predicted molar refractivity (Wildman–Crippen MR) is 129 cm³/mol. The number of carbonyl (C=O) groups is 2. The molecule has 2 aromatic heterocycles. The summed E-state index contributed by atoms with van der Waals surface area (Å²) in [6.45, 7) is 0.428. The van der Waals surface area contributed by atoms with Gasteiger partial charge in [0.15, 0.2) is 0 Å². The van der Waals surface area contributed by atoms with E-state index in [9.17, 15) is 9.59 Å². The second-order valence-electron chi connectivity index (χ2n) is 7.17. The Balaban J connectivity index is 1.48. The first kappa shape index (κ1) is 21.5. The van der Waals surface area contributed by atoms with Crippen LogP contribution in [0.25, 0.3) is 17.0 Å². The van der Waals surface area contributed by atoms with E-state index in [0.29, 0.717) is 24.1 Å². The third kappa shape index (κ3) is 5.31. The van der Waals surface area contributed by atoms with Gasteiger partial charge in [-0.1, -0.05) is 46.3 Å². The van der Waals surface area contributed by atoms with Gasteiger partial charge in [-0.25, -0.2) is 0 Å². The molecule has 6 nitrogen and oxygen atoms in total. The summed E-state index contributed by atoms with van der Waals surface area (Å²) in [5.74, 6) is -0.731. The largest absolute Gasteiger partial charge is 0.361 e. The number of H-pyrrole nitrogens is 1. The van der Waals surface area contributed by atoms with Crippen LogP contribution in [-0.4, -0.2) is 28.3 Å². The Hall–Kier alpha value is -3.71. The molecule has 0 aliphatic heterocycles. The van der Waals surface area contributed by atoms with Gasteiger partial charge in [0.2, 0.25) is 0 Å². The van der Waals surface area contributed by atoms with Gasteiger partial charge in [-0.05, 0) is 54.0 Å². The SMILES string of the molecule is O=C(NCCc1c[nH]c2ccccc12)/C(=C\c1cccnc1)NC(=O)c1cccc(Br)c1. The Morgan fingerprint density at radius 3 is 2.75 bits per heavy atom. The number of fused-ring (bicyclic) bond motifs is 1. The summed E-state index contributed by atoms with van der Waals surface area (Å²) in [6.07, 6.45) is 7.51. The van der Waals surface area contributed by atoms with Crippen LogP contribution in [0.5, 0.6) is 0 Å². The molecule has 2 heterocycles. The monoisotopic (exact) mass is 488 g/mol. The van der Waals surface area contributed by atoms with Crippen LogP contribution in [0.3, 0.4) is 0 Å². The fourth-order valence-electron chi connectivity index (χ4n) is 3.35. The summed E-state index contributed by atoms with van der Waals surface area (Å²) in [6, 6.07) is 18.6. The number of aromatic amines is 1. The van der Waals surface area contributed by atoms with Gasteiger partial charge in [-0.3, -0.25) is 14.6 Å². The molecule has 0 saturated carbocycles. The second-order valence-corrected chi connectivity index (χ2v) is 8.09. The number of carbonyl (C=O) groups excluding carboxylic acids is 2. The number of rotatable bonds is 7. The Labute approximate surface area is 193 Å². The molecular weight excluding hydrogens is 468 g/mol. The van der Waals surface area contributed by atoms with Crippen molar-refractivity contribution in [2.75, 3.05) is 6.54 Å². The molecule has 0 aliphatic rings. The van der Waals surface area contributed by atoms with Crippen LogP contribution >= 0.6 is 15.9 Å². The van der Waals surface area contributed by atoms with Crippen molar-refractivity contribution in [2.24, 2.45) is 0 Å². The van der Waals surface area contributed by atoms with E-state index >= 15 is 0 Å². The summed E-state index contributed by atoms with van der Waals surface area (Å²) >= 11 is 3.36. The van der Waals surface area contributed by atoms with Gasteiger partial charge in [0.25, 0.3) is 11.8 Å². The van der Waals surface area contributed by atoms with Gasteiger partial charge in [0.1, 0.15) is 5.70 Å². The van der Waals surface area contributed by atoms with Gasteiger partial charge < -0.3 is 15.6 Å². The van der Waals surface area contributed by atoms with Crippen LogP contribution in [0.2, 0.25) is 0 Å². The average Bonchev–Trinajstić information content (AvgIpc) is 3.22. The third-order valence-electron chi connectivity index (χ3n) is 4.93. The molecule has 2 aromatic carbocycles. The number of amides is 2. The van der Waals surface area contributed by atoms with Crippen molar-refractivity contribution in [3.8, 4) is 0 Å². The number of nitrogens with zero attached hydrogens (tertiary/aromatic N) is 1. The highest BCUT2D eigenvalue weighted by atomic mass is 79.9. The number of halogens is 1. The van der Waals surface area contributed by atoms with Crippen LogP contribution < -0.4 is 10.6 Å². The zero-order valence-electron chi connectivity index (χ0n) is 17.1. The molecule has 0 unspecified atom stereocenters. The molecule has 0 bridgehead atoms. The predicted octanol–water partition coefficient (Wildman–Crippen LogP) is 4.46. The number of aromatic nitrogens is 2. The minimum atomic E-state index is -0.367. The maximum Gasteiger partial charge on any atom is 0.267 e. The Morgan fingerprint density at radius 2 is 1.94 bits per heavy atom. The van der Waals surface area contributed by atoms with Gasteiger partial charge in [0.05, 0.1) is 0 Å². The highest BCUT2D eigenvalue weighted by molar-refractivity contribution is 9.10. The number of hydrogen-bond acceptors (Lipinski definition) is 3. The average molecular weight is 489 g/mol. The number of nitrogens with one attached hydrogen (secondary N) is 3. The number of benzene rings is 2. The molecule has 0 saturated heterocycles. The van der Waals surface area contributed by atoms with Gasteiger partial charge in [-0.15, -0.1) is 0 Å². The smallest absolute Gasteiger partial charge is 0.267 e. The minimum Gasteiger partial charge on any atom is -0.361 e. The summed E-state index contributed by atoms with van der Waals surface area (Å²) in [4.78, 5) is 33.0. The number of hydrogen-bond donors (Lipinski definition) is 3. The first-order valence-corrected chi connectivity index (χ1v) is 10.9. The molecule has 4 aromatic rings. The number of pyridine rings is 1. The van der Waals surface area contributed by atoms with Gasteiger partial charge in [0, 0.05) is 46.1 Å². The van der Waals surface area contributed by atoms with Crippen molar-refractivity contribution in [3.63, 3.8) is 0 Å². The maximum atomic E-state index is 12.9. The van der Waals surface area contributed by atoms with Crippen LogP contribution in [0.15, 0.2) is 89.4 Å². The van der Waals surface area contributed by atoms with Gasteiger partial charge in [-0.2, -0.15) is 0 Å². The quantitative estimate of drug-likeness (QED) is 0.335. The van der Waals surface area contributed by atoms with E-state index in [1.165, 1.54) is 0 Å². The second kappa shape index (κ2) is 10.1. The van der Waals surface area contributed by atoms with E-state index in [1.54, 1.807) is 42.7 Å². The van der Waals surface area contributed by atoms with Crippen molar-refractivity contribution < 1.29 is 9.59 Å². The highest BCUT2D eigenvalue weighted by Gasteiger charge is 2.15. The Morgan fingerprint density at radius 1 is 1.06 bits per heavy atom. The first-order chi connectivity index (χ1) is 15.6. The molecule has 2 amide bonds. The van der Waals surface area contributed by atoms with Crippen molar-refractivity contribution in [3.05, 3.63) is 106 Å². The van der Waals surface area contributed by atoms with Crippen molar-refractivity contribution >= 4 is 44.7 Å². The van der Waals surface area contributed by atoms with Crippen LogP contribution in [-0.2, 0) is 11.2 Å². The molecule has 0 aliphatic carbocycles. The maximum absolute atomic E-state index is 12.9. The molecule has 0 atom stereocenters. The first-order valence-electron chi connectivity index (χ1n) is 10.1. The molecule has 160 valence electrons. The van der Waals surface area contributed by atoms with E-state index < -0.39 is 0 Å². The molecule has 4 rings (SSSR count). The molecule has 0 fully saturated rings. The normalized spacial score (nSPS) is 11.3. The van der Waals surface area contributed by atoms with E-state index in [1.807, 2.05) is 36.5 Å². The van der Waals surface area contributed by atoms with Gasteiger partial charge >= 0.3 is 0 Å². The lowest BCUT2D eigenvalue weighted by Gasteiger charge is -2.11. The number of para-hydroxylation sites is 1. The topological polar surface area (TPSA) is 86.9 Å². The van der Waals surface area contributed by atoms with E-state index in [-0.39, 0.29) is 17.5 Å². The van der Waals surface area contributed by atoms with E-state index in [0.717, 1.165) is 20.9 Å². The van der Waals surface area contributed by atoms with E-state index in [4.69, 9.17) is 0 Å². The van der Waals surface area contributed by atoms with Crippen molar-refractivity contribution in [1.82, 2.24) is 20.6 Å². The van der Waals surface area contributed by atoms with E-state index in [2.05, 4.69) is 42.6 Å². The summed E-state index contributed by atoms with van der Waals surface area (Å²) in [7, 11) is 0. The van der Waals surface area contributed by atoms with Crippen molar-refractivity contribution in [2.45, 2.75) is 6.42 Å². The molecule has 32 heavy (non-hydrogen) atoms. The van der Waals surface area contributed by atoms with Crippen LogP contribution in [0.1, 0.15) is 21.5 Å². The van der Waals surface area contributed by atoms with Crippen LogP contribution in [0, 0.1) is 0 Å². The lowest BCUT2D eigenvalue weighted by Crippen LogP contribution is -2.35. The Kier molecular flexibility index (Phi) is 6.77. The molecule has 7 heteroatoms. The molecular formula is C25H21BrN4O2. The lowest BCUT2D eigenvalue weighted by atomic mass is 10.1. The fraction of sp³-hybridized carbons (Fsp3) is 0.0800. The summed E-state index contributed by atoms with van der Waals surface area (Å²) in [5, 5.41) is 6.78. The van der Waals surface area contributed by atoms with Crippen LogP contribution in [0.4, 0.5) is 0 Å². The van der Waals surface area contributed by atoms with Crippen molar-refractivity contribution in [1.29, 1.82) is 0 Å². The minimum absolute atomic E-state index is 0.155. The zero-order valence-corrected chi connectivity index (χ0v) is 18.7. The zero-order chi connectivity index (χ0) is 22.3. The standard InChI is InChI=1S/C25H21BrN4O2/c26-20-7-3-6-18(14-20)24(31)30-23(13-17-5-4-11-27-15-17)25(32)28-12-10-19-16-29-22-9-2-1-8-21(19)22/h1-9,11,13-16,29H,10,12H2,(H,28,32)(H,30,31)/b23-13+. The molecule has 3 N–H and O–H groups in total. The summed E-state index contributed by atoms with van der Waals surface area (Å²) < 4.78 is 0.783. The molecule has 0 radical (unpaired) electrons. The fourth-order valence-corrected chi connectivity index (χ4v) is 3.75. The lowest BCUT2D eigenvalue weighted by molar-refractivity contribution is -0.117.